The highest BCUT2D eigenvalue weighted by molar-refractivity contribution is 6.74. The van der Waals surface area contributed by atoms with Crippen LogP contribution in [-0.4, -0.2) is 22.5 Å². The van der Waals surface area contributed by atoms with Crippen LogP contribution in [0.5, 0.6) is 0 Å². The summed E-state index contributed by atoms with van der Waals surface area (Å²) < 4.78 is 12.8. The van der Waals surface area contributed by atoms with Gasteiger partial charge in [-0.1, -0.05) is 41.5 Å². The first-order valence-electron chi connectivity index (χ1n) is 10.1. The van der Waals surface area contributed by atoms with E-state index >= 15 is 0 Å². The van der Waals surface area contributed by atoms with Gasteiger partial charge in [0, 0.05) is 5.56 Å². The quantitative estimate of drug-likeness (QED) is 0.536. The minimum absolute atomic E-state index is 0.135. The maximum Gasteiger partial charge on any atom is 0.248 e. The molecule has 2 N–H and O–H groups in total. The first kappa shape index (κ1) is 25.1. The summed E-state index contributed by atoms with van der Waals surface area (Å²) in [4.78, 5) is 11.9. The molecule has 0 aliphatic rings. The molecule has 160 valence electrons. The van der Waals surface area contributed by atoms with E-state index in [0.717, 1.165) is 16.7 Å². The lowest BCUT2D eigenvalue weighted by Gasteiger charge is -2.37. The summed E-state index contributed by atoms with van der Waals surface area (Å²) in [6.45, 7) is 25.4. The van der Waals surface area contributed by atoms with Crippen LogP contribution in [-0.2, 0) is 22.1 Å². The molecule has 0 fully saturated rings. The molecule has 28 heavy (non-hydrogen) atoms. The Morgan fingerprint density at radius 2 is 1.18 bits per heavy atom. The Morgan fingerprint density at radius 1 is 0.857 bits per heavy atom. The first-order chi connectivity index (χ1) is 12.4. The molecule has 1 aromatic carbocycles. The molecule has 6 heteroatoms. The Hall–Kier alpha value is -0.956. The van der Waals surface area contributed by atoms with Crippen molar-refractivity contribution in [1.29, 1.82) is 0 Å². The number of nitrogens with two attached hydrogens (primary N) is 1. The van der Waals surface area contributed by atoms with Crippen LogP contribution >= 0.6 is 0 Å². The van der Waals surface area contributed by atoms with Gasteiger partial charge in [-0.3, -0.25) is 4.79 Å². The number of hydrogen-bond acceptors (Lipinski definition) is 3. The van der Waals surface area contributed by atoms with E-state index in [0.29, 0.717) is 18.8 Å². The van der Waals surface area contributed by atoms with Gasteiger partial charge in [-0.05, 0) is 72.0 Å². The summed E-state index contributed by atoms with van der Waals surface area (Å²) in [7, 11) is -3.77. The molecule has 0 bridgehead atoms. The van der Waals surface area contributed by atoms with Crippen molar-refractivity contribution in [3.8, 4) is 0 Å². The number of primary amides is 1. The predicted octanol–water partition coefficient (Wildman–Crippen LogP) is 6.14. The molecule has 0 saturated heterocycles. The topological polar surface area (TPSA) is 61.5 Å². The minimum atomic E-state index is -1.89. The van der Waals surface area contributed by atoms with Crippen molar-refractivity contribution in [3.63, 3.8) is 0 Å². The molecule has 0 unspecified atom stereocenters. The van der Waals surface area contributed by atoms with Crippen LogP contribution in [0, 0.1) is 6.92 Å². The van der Waals surface area contributed by atoms with Crippen LogP contribution in [0.25, 0.3) is 0 Å². The van der Waals surface area contributed by atoms with Gasteiger partial charge in [0.05, 0.1) is 13.2 Å². The van der Waals surface area contributed by atoms with Crippen molar-refractivity contribution in [2.24, 2.45) is 5.73 Å². The molecule has 4 nitrogen and oxygen atoms in total. The molecule has 0 aromatic heterocycles. The molecule has 0 aliphatic heterocycles. The summed E-state index contributed by atoms with van der Waals surface area (Å²) in [6.07, 6.45) is 0. The lowest BCUT2D eigenvalue weighted by atomic mass is 9.99. The molecule has 1 rings (SSSR count). The van der Waals surface area contributed by atoms with Crippen molar-refractivity contribution in [2.75, 3.05) is 0 Å². The molecule has 0 heterocycles. The normalized spacial score (nSPS) is 13.7. The fourth-order valence-electron chi connectivity index (χ4n) is 2.23. The van der Waals surface area contributed by atoms with Gasteiger partial charge in [0.1, 0.15) is 0 Å². The lowest BCUT2D eigenvalue weighted by Crippen LogP contribution is -2.41. The molecule has 1 aromatic rings. The van der Waals surface area contributed by atoms with Crippen LogP contribution in [0.3, 0.4) is 0 Å². The average Bonchev–Trinajstić information content (AvgIpc) is 2.50. The predicted molar refractivity (Wildman–Crippen MR) is 124 cm³/mol. The zero-order valence-corrected chi connectivity index (χ0v) is 21.9. The van der Waals surface area contributed by atoms with Crippen molar-refractivity contribution in [3.05, 3.63) is 34.4 Å². The Balaban J connectivity index is 3.18. The summed E-state index contributed by atoms with van der Waals surface area (Å²) in [5, 5.41) is 0.271. The molecular formula is C22H41NO3Si2. The van der Waals surface area contributed by atoms with Crippen LogP contribution < -0.4 is 5.73 Å². The number of hydrogen-bond donors (Lipinski definition) is 1. The van der Waals surface area contributed by atoms with E-state index in [2.05, 4.69) is 74.7 Å². The van der Waals surface area contributed by atoms with Gasteiger partial charge in [-0.15, -0.1) is 0 Å². The average molecular weight is 424 g/mol. The van der Waals surface area contributed by atoms with E-state index in [4.69, 9.17) is 14.6 Å². The summed E-state index contributed by atoms with van der Waals surface area (Å²) in [6, 6.07) is 3.75. The summed E-state index contributed by atoms with van der Waals surface area (Å²) >= 11 is 0. The smallest absolute Gasteiger partial charge is 0.248 e. The summed E-state index contributed by atoms with van der Waals surface area (Å²) in [5.74, 6) is -0.415. The Bertz CT molecular complexity index is 662. The number of amides is 1. The van der Waals surface area contributed by atoms with Crippen LogP contribution in [0.15, 0.2) is 12.1 Å². The van der Waals surface area contributed by atoms with E-state index in [1.807, 2.05) is 12.1 Å². The molecule has 0 aliphatic carbocycles. The van der Waals surface area contributed by atoms with Gasteiger partial charge in [0.2, 0.25) is 5.91 Å². The van der Waals surface area contributed by atoms with Gasteiger partial charge >= 0.3 is 0 Å². The lowest BCUT2D eigenvalue weighted by molar-refractivity contribution is 0.1000. The molecule has 0 atom stereocenters. The SMILES string of the molecule is Cc1c(CO[Si](C)(C)C(C)(C)C)cc(C(N)=O)cc1CO[Si](C)(C)C(C)(C)C. The van der Waals surface area contributed by atoms with Crippen molar-refractivity contribution < 1.29 is 13.6 Å². The van der Waals surface area contributed by atoms with Crippen molar-refractivity contribution in [2.45, 2.75) is 97.9 Å². The van der Waals surface area contributed by atoms with Gasteiger partial charge in [0.15, 0.2) is 16.6 Å². The number of benzene rings is 1. The van der Waals surface area contributed by atoms with E-state index in [-0.39, 0.29) is 10.1 Å². The van der Waals surface area contributed by atoms with Crippen molar-refractivity contribution >= 4 is 22.5 Å². The number of carbonyl (C=O) groups excluding carboxylic acids is 1. The van der Waals surface area contributed by atoms with E-state index in [1.165, 1.54) is 0 Å². The highest BCUT2D eigenvalue weighted by Gasteiger charge is 2.38. The Kier molecular flexibility index (Phi) is 7.54. The van der Waals surface area contributed by atoms with E-state index in [1.54, 1.807) is 0 Å². The minimum Gasteiger partial charge on any atom is -0.413 e. The molecule has 0 saturated carbocycles. The molecular weight excluding hydrogens is 382 g/mol. The second kappa shape index (κ2) is 8.42. The van der Waals surface area contributed by atoms with Gasteiger partial charge in [0.25, 0.3) is 0 Å². The fraction of sp³-hybridized carbons (Fsp3) is 0.682. The van der Waals surface area contributed by atoms with Crippen LogP contribution in [0.2, 0.25) is 36.3 Å². The second-order valence-corrected chi connectivity index (χ2v) is 20.5. The first-order valence-corrected chi connectivity index (χ1v) is 15.9. The highest BCUT2D eigenvalue weighted by atomic mass is 28.4. The van der Waals surface area contributed by atoms with E-state index in [9.17, 15) is 4.79 Å². The third kappa shape index (κ3) is 6.02. The largest absolute Gasteiger partial charge is 0.413 e. The second-order valence-electron chi connectivity index (χ2n) is 10.9. The Labute approximate surface area is 174 Å². The van der Waals surface area contributed by atoms with Gasteiger partial charge < -0.3 is 14.6 Å². The van der Waals surface area contributed by atoms with Crippen LogP contribution in [0.4, 0.5) is 0 Å². The zero-order chi connectivity index (χ0) is 22.1. The number of rotatable bonds is 7. The third-order valence-corrected chi connectivity index (χ3v) is 15.7. The van der Waals surface area contributed by atoms with Gasteiger partial charge in [-0.2, -0.15) is 0 Å². The standard InChI is InChI=1S/C22H41NO3Si2/c1-16-18(14-25-27(8,9)21(2,3)4)12-17(20(23)24)13-19(16)15-26-28(10,11)22(5,6)7/h12-13H,14-15H2,1-11H3,(H2,23,24). The highest BCUT2D eigenvalue weighted by Crippen LogP contribution is 2.38. The van der Waals surface area contributed by atoms with Crippen LogP contribution in [0.1, 0.15) is 68.6 Å². The Morgan fingerprint density at radius 3 is 1.43 bits per heavy atom. The van der Waals surface area contributed by atoms with Crippen molar-refractivity contribution in [1.82, 2.24) is 0 Å². The maximum atomic E-state index is 11.9. The molecule has 1 amide bonds. The number of carbonyl (C=O) groups is 1. The molecule has 0 radical (unpaired) electrons. The maximum absolute atomic E-state index is 11.9. The molecule has 0 spiro atoms. The third-order valence-electron chi connectivity index (χ3n) is 6.70. The summed E-state index contributed by atoms with van der Waals surface area (Å²) in [5.41, 5.74) is 9.30. The fourth-order valence-corrected chi connectivity index (χ4v) is 4.13. The zero-order valence-electron chi connectivity index (χ0n) is 19.9. The van der Waals surface area contributed by atoms with E-state index < -0.39 is 22.5 Å². The monoisotopic (exact) mass is 423 g/mol. The van der Waals surface area contributed by atoms with Gasteiger partial charge in [-0.25, -0.2) is 0 Å².